The van der Waals surface area contributed by atoms with Crippen LogP contribution in [0.4, 0.5) is 10.1 Å². The molecule has 1 N–H and O–H groups in total. The lowest BCUT2D eigenvalue weighted by Crippen LogP contribution is -2.47. The Balaban J connectivity index is 1.64. The molecule has 0 saturated carbocycles. The van der Waals surface area contributed by atoms with Gasteiger partial charge in [-0.1, -0.05) is 30.3 Å². The van der Waals surface area contributed by atoms with Gasteiger partial charge in [0.25, 0.3) is 0 Å². The van der Waals surface area contributed by atoms with Crippen molar-refractivity contribution in [3.05, 3.63) is 77.8 Å². The van der Waals surface area contributed by atoms with Gasteiger partial charge in [0.15, 0.2) is 0 Å². The fraction of sp³-hybridized carbons (Fsp3) is 0.111. The summed E-state index contributed by atoms with van der Waals surface area (Å²) in [5, 5.41) is 1.31. The second kappa shape index (κ2) is 6.95. The van der Waals surface area contributed by atoms with E-state index in [1.807, 2.05) is 6.07 Å². The van der Waals surface area contributed by atoms with Crippen molar-refractivity contribution in [1.29, 1.82) is 0 Å². The van der Waals surface area contributed by atoms with Crippen LogP contribution in [0.1, 0.15) is 12.0 Å². The maximum atomic E-state index is 12.9. The van der Waals surface area contributed by atoms with Crippen molar-refractivity contribution in [3.8, 4) is 0 Å². The van der Waals surface area contributed by atoms with Crippen LogP contribution in [-0.2, 0) is 20.9 Å². The molecule has 1 heterocycles. The highest BCUT2D eigenvalue weighted by Crippen LogP contribution is 2.17. The number of hydrogen-bond acceptors (Lipinski definition) is 4. The predicted molar refractivity (Wildman–Crippen MR) is 86.0 cm³/mol. The highest BCUT2D eigenvalue weighted by Gasteiger charge is 2.24. The Bertz CT molecular complexity index is 773. The minimum absolute atomic E-state index is 0.0252. The van der Waals surface area contributed by atoms with Gasteiger partial charge in [0, 0.05) is 6.42 Å². The standard InChI is InChI=1S/C18H15FN2O3/c19-14-8-6-13(7-9-14)12-24-18(23)16-10-11-17(22)21(20-16)15-4-2-1-3-5-15/h1-10,20H,11-12H2. The number of esters is 1. The van der Waals surface area contributed by atoms with Gasteiger partial charge in [-0.25, -0.2) is 14.2 Å². The van der Waals surface area contributed by atoms with E-state index in [0.717, 1.165) is 0 Å². The second-order valence-corrected chi connectivity index (χ2v) is 5.20. The number of benzene rings is 2. The molecule has 0 unspecified atom stereocenters. The minimum atomic E-state index is -0.576. The number of nitrogens with one attached hydrogen (secondary N) is 1. The quantitative estimate of drug-likeness (QED) is 0.878. The topological polar surface area (TPSA) is 58.6 Å². The normalized spacial score (nSPS) is 14.0. The summed E-state index contributed by atoms with van der Waals surface area (Å²) >= 11 is 0. The first kappa shape index (κ1) is 15.7. The first-order valence-electron chi connectivity index (χ1n) is 7.40. The van der Waals surface area contributed by atoms with Gasteiger partial charge in [0.05, 0.1) is 5.69 Å². The summed E-state index contributed by atoms with van der Waals surface area (Å²) in [5.41, 5.74) is 4.29. The largest absolute Gasteiger partial charge is 0.456 e. The van der Waals surface area contributed by atoms with Crippen molar-refractivity contribution in [2.75, 3.05) is 5.01 Å². The molecule has 0 radical (unpaired) electrons. The van der Waals surface area contributed by atoms with E-state index < -0.39 is 5.97 Å². The van der Waals surface area contributed by atoms with Gasteiger partial charge in [0.2, 0.25) is 5.91 Å². The van der Waals surface area contributed by atoms with Gasteiger partial charge >= 0.3 is 5.97 Å². The van der Waals surface area contributed by atoms with E-state index in [1.54, 1.807) is 36.4 Å². The maximum Gasteiger partial charge on any atom is 0.356 e. The van der Waals surface area contributed by atoms with Crippen LogP contribution in [0.25, 0.3) is 0 Å². The number of para-hydroxylation sites is 1. The molecule has 5 nitrogen and oxygen atoms in total. The summed E-state index contributed by atoms with van der Waals surface area (Å²) in [7, 11) is 0. The van der Waals surface area contributed by atoms with Gasteiger partial charge in [0.1, 0.15) is 18.1 Å². The third-order valence-electron chi connectivity index (χ3n) is 3.48. The molecule has 2 aromatic rings. The molecule has 3 rings (SSSR count). The zero-order chi connectivity index (χ0) is 16.9. The maximum absolute atomic E-state index is 12.9. The van der Waals surface area contributed by atoms with E-state index >= 15 is 0 Å². The number of hydrazine groups is 1. The summed E-state index contributed by atoms with van der Waals surface area (Å²) in [6.45, 7) is 0.0252. The average molecular weight is 326 g/mol. The smallest absolute Gasteiger partial charge is 0.356 e. The van der Waals surface area contributed by atoms with E-state index in [4.69, 9.17) is 4.74 Å². The molecule has 0 aromatic heterocycles. The van der Waals surface area contributed by atoms with Crippen LogP contribution in [0.3, 0.4) is 0 Å². The van der Waals surface area contributed by atoms with Crippen LogP contribution in [0.5, 0.6) is 0 Å². The van der Waals surface area contributed by atoms with Crippen LogP contribution in [-0.4, -0.2) is 11.9 Å². The molecule has 0 fully saturated rings. The molecule has 0 atom stereocenters. The Kier molecular flexibility index (Phi) is 4.56. The van der Waals surface area contributed by atoms with Crippen molar-refractivity contribution < 1.29 is 18.7 Å². The highest BCUT2D eigenvalue weighted by molar-refractivity contribution is 5.99. The van der Waals surface area contributed by atoms with E-state index in [0.29, 0.717) is 11.3 Å². The molecule has 1 aliphatic rings. The van der Waals surface area contributed by atoms with E-state index in [9.17, 15) is 14.0 Å². The molecule has 6 heteroatoms. The number of amides is 1. The van der Waals surface area contributed by atoms with Crippen molar-refractivity contribution in [1.82, 2.24) is 5.43 Å². The van der Waals surface area contributed by atoms with Gasteiger partial charge in [-0.15, -0.1) is 0 Å². The van der Waals surface area contributed by atoms with Gasteiger partial charge < -0.3 is 4.74 Å². The van der Waals surface area contributed by atoms with Crippen LogP contribution >= 0.6 is 0 Å². The lowest BCUT2D eigenvalue weighted by atomic mass is 10.2. The highest BCUT2D eigenvalue weighted by atomic mass is 19.1. The number of carbonyl (C=O) groups is 2. The van der Waals surface area contributed by atoms with Crippen LogP contribution < -0.4 is 10.4 Å². The number of nitrogens with zero attached hydrogens (tertiary/aromatic N) is 1. The Morgan fingerprint density at radius 3 is 2.54 bits per heavy atom. The van der Waals surface area contributed by atoms with Gasteiger partial charge in [-0.3, -0.25) is 10.2 Å². The zero-order valence-electron chi connectivity index (χ0n) is 12.7. The number of rotatable bonds is 4. The summed E-state index contributed by atoms with van der Waals surface area (Å²) < 4.78 is 18.0. The van der Waals surface area contributed by atoms with E-state index in [2.05, 4.69) is 5.43 Å². The van der Waals surface area contributed by atoms with Crippen LogP contribution in [0, 0.1) is 5.82 Å². The molecular formula is C18H15FN2O3. The average Bonchev–Trinajstić information content (AvgIpc) is 2.62. The Morgan fingerprint density at radius 2 is 1.83 bits per heavy atom. The first-order valence-corrected chi connectivity index (χ1v) is 7.40. The summed E-state index contributed by atoms with van der Waals surface area (Å²) in [6.07, 6.45) is 1.59. The van der Waals surface area contributed by atoms with E-state index in [-0.39, 0.29) is 30.4 Å². The first-order chi connectivity index (χ1) is 11.6. The number of ether oxygens (including phenoxy) is 1. The third-order valence-corrected chi connectivity index (χ3v) is 3.48. The molecular weight excluding hydrogens is 311 g/mol. The molecule has 0 bridgehead atoms. The fourth-order valence-electron chi connectivity index (χ4n) is 2.23. The van der Waals surface area contributed by atoms with Crippen molar-refractivity contribution >= 4 is 17.6 Å². The zero-order valence-corrected chi connectivity index (χ0v) is 12.7. The summed E-state index contributed by atoms with van der Waals surface area (Å²) in [6, 6.07) is 14.7. The molecule has 2 aromatic carbocycles. The Hall–Kier alpha value is -3.15. The number of halogens is 1. The molecule has 0 aliphatic carbocycles. The molecule has 0 saturated heterocycles. The molecule has 1 aliphatic heterocycles. The SMILES string of the molecule is O=C(OCc1ccc(F)cc1)C1=CCC(=O)N(c2ccccc2)N1. The van der Waals surface area contributed by atoms with Crippen molar-refractivity contribution in [2.24, 2.45) is 0 Å². The predicted octanol–water partition coefficient (Wildman–Crippen LogP) is 2.69. The number of carbonyl (C=O) groups excluding carboxylic acids is 2. The van der Waals surface area contributed by atoms with Crippen molar-refractivity contribution in [3.63, 3.8) is 0 Å². The van der Waals surface area contributed by atoms with Crippen molar-refractivity contribution in [2.45, 2.75) is 13.0 Å². The summed E-state index contributed by atoms with van der Waals surface area (Å²) in [5.74, 6) is -1.09. The molecule has 0 spiro atoms. The number of hydrogen-bond donors (Lipinski definition) is 1. The molecule has 24 heavy (non-hydrogen) atoms. The molecule has 1 amide bonds. The Morgan fingerprint density at radius 1 is 1.12 bits per heavy atom. The fourth-order valence-corrected chi connectivity index (χ4v) is 2.23. The van der Waals surface area contributed by atoms with Gasteiger partial charge in [-0.2, -0.15) is 0 Å². The van der Waals surface area contributed by atoms with Crippen LogP contribution in [0.15, 0.2) is 66.4 Å². The molecule has 122 valence electrons. The Labute approximate surface area is 138 Å². The monoisotopic (exact) mass is 326 g/mol. The third kappa shape index (κ3) is 3.60. The van der Waals surface area contributed by atoms with E-state index in [1.165, 1.54) is 23.2 Å². The minimum Gasteiger partial charge on any atom is -0.456 e. The lowest BCUT2D eigenvalue weighted by molar-refractivity contribution is -0.140. The van der Waals surface area contributed by atoms with Gasteiger partial charge in [-0.05, 0) is 35.9 Å². The summed E-state index contributed by atoms with van der Waals surface area (Å²) in [4.78, 5) is 24.2. The van der Waals surface area contributed by atoms with Crippen LogP contribution in [0.2, 0.25) is 0 Å². The lowest BCUT2D eigenvalue weighted by Gasteiger charge is -2.28. The number of anilines is 1. The second-order valence-electron chi connectivity index (χ2n) is 5.20.